The molecular weight excluding hydrogens is 280 g/mol. The molecule has 6 heteroatoms. The zero-order valence-corrected chi connectivity index (χ0v) is 13.0. The molecular formula is C14H29ClN2O3. The van der Waals surface area contributed by atoms with Gasteiger partial charge in [-0.05, 0) is 38.8 Å². The summed E-state index contributed by atoms with van der Waals surface area (Å²) in [4.78, 5) is 0. The predicted octanol–water partition coefficient (Wildman–Crippen LogP) is 0.741. The number of epoxide rings is 1. The smallest absolute Gasteiger partial charge is 0.0933 e. The van der Waals surface area contributed by atoms with Crippen molar-refractivity contribution in [3.05, 3.63) is 0 Å². The lowest BCUT2D eigenvalue weighted by atomic mass is 10.3. The van der Waals surface area contributed by atoms with Gasteiger partial charge < -0.3 is 25.2 Å². The molecule has 3 N–H and O–H groups in total. The largest absolute Gasteiger partial charge is 0.391 e. The molecule has 1 saturated heterocycles. The summed E-state index contributed by atoms with van der Waals surface area (Å²) in [5, 5.41) is 15.8. The maximum Gasteiger partial charge on any atom is 0.0933 e. The van der Waals surface area contributed by atoms with Crippen molar-refractivity contribution in [2.75, 3.05) is 51.9 Å². The number of alkyl halides is 1. The highest BCUT2D eigenvalue weighted by atomic mass is 35.5. The number of rotatable bonds is 15. The monoisotopic (exact) mass is 308 g/mol. The molecule has 0 saturated carbocycles. The molecule has 1 heterocycles. The SMILES string of the molecule is OC(CCl)CNCCCCOCCCCNCC1CO1. The molecule has 0 aliphatic carbocycles. The highest BCUT2D eigenvalue weighted by Crippen LogP contribution is 2.05. The van der Waals surface area contributed by atoms with E-state index in [9.17, 15) is 5.11 Å². The number of unbranched alkanes of at least 4 members (excludes halogenated alkanes) is 2. The first-order valence-corrected chi connectivity index (χ1v) is 8.21. The van der Waals surface area contributed by atoms with Crippen LogP contribution in [0.4, 0.5) is 0 Å². The molecule has 0 amide bonds. The Hall–Kier alpha value is 0.0900. The first-order valence-electron chi connectivity index (χ1n) is 7.67. The first-order chi connectivity index (χ1) is 9.83. The van der Waals surface area contributed by atoms with Crippen LogP contribution in [0.2, 0.25) is 0 Å². The van der Waals surface area contributed by atoms with Crippen molar-refractivity contribution in [3.63, 3.8) is 0 Å². The van der Waals surface area contributed by atoms with E-state index in [-0.39, 0.29) is 0 Å². The first kappa shape index (κ1) is 18.1. The molecule has 0 spiro atoms. The Morgan fingerprint density at radius 1 is 1.15 bits per heavy atom. The van der Waals surface area contributed by atoms with E-state index in [1.54, 1.807) is 0 Å². The lowest BCUT2D eigenvalue weighted by molar-refractivity contribution is 0.126. The molecule has 0 bridgehead atoms. The number of aliphatic hydroxyl groups is 1. The summed E-state index contributed by atoms with van der Waals surface area (Å²) >= 11 is 5.49. The van der Waals surface area contributed by atoms with E-state index >= 15 is 0 Å². The molecule has 0 radical (unpaired) electrons. The van der Waals surface area contributed by atoms with Gasteiger partial charge in [0, 0.05) is 32.2 Å². The minimum absolute atomic E-state index is 0.290. The molecule has 20 heavy (non-hydrogen) atoms. The molecule has 5 nitrogen and oxygen atoms in total. The lowest BCUT2D eigenvalue weighted by Gasteiger charge is -2.08. The summed E-state index contributed by atoms with van der Waals surface area (Å²) in [6.45, 7) is 6.12. The Kier molecular flexibility index (Phi) is 11.6. The van der Waals surface area contributed by atoms with E-state index in [2.05, 4.69) is 10.6 Å². The van der Waals surface area contributed by atoms with Crippen LogP contribution in [0.3, 0.4) is 0 Å². The van der Waals surface area contributed by atoms with Crippen molar-refractivity contribution in [1.82, 2.24) is 10.6 Å². The van der Waals surface area contributed by atoms with Gasteiger partial charge >= 0.3 is 0 Å². The van der Waals surface area contributed by atoms with Gasteiger partial charge in [-0.15, -0.1) is 11.6 Å². The molecule has 1 aliphatic heterocycles. The molecule has 0 aromatic carbocycles. The number of hydrogen-bond acceptors (Lipinski definition) is 5. The normalized spacial score (nSPS) is 19.2. The predicted molar refractivity (Wildman–Crippen MR) is 81.5 cm³/mol. The van der Waals surface area contributed by atoms with Crippen LogP contribution in [-0.4, -0.2) is 69.2 Å². The van der Waals surface area contributed by atoms with Gasteiger partial charge in [-0.3, -0.25) is 0 Å². The third kappa shape index (κ3) is 11.9. The topological polar surface area (TPSA) is 66.0 Å². The molecule has 0 aromatic heterocycles. The Morgan fingerprint density at radius 3 is 2.40 bits per heavy atom. The Balaban J connectivity index is 1.63. The fraction of sp³-hybridized carbons (Fsp3) is 1.00. The molecule has 2 unspecified atom stereocenters. The van der Waals surface area contributed by atoms with Gasteiger partial charge in [0.2, 0.25) is 0 Å². The van der Waals surface area contributed by atoms with Crippen molar-refractivity contribution in [2.24, 2.45) is 0 Å². The minimum atomic E-state index is -0.437. The number of aliphatic hydroxyl groups excluding tert-OH is 1. The summed E-state index contributed by atoms with van der Waals surface area (Å²) in [7, 11) is 0. The van der Waals surface area contributed by atoms with Crippen LogP contribution >= 0.6 is 11.6 Å². The van der Waals surface area contributed by atoms with Gasteiger partial charge in [-0.2, -0.15) is 0 Å². The van der Waals surface area contributed by atoms with E-state index in [0.29, 0.717) is 18.5 Å². The second kappa shape index (κ2) is 12.8. The minimum Gasteiger partial charge on any atom is -0.391 e. The van der Waals surface area contributed by atoms with Crippen molar-refractivity contribution in [3.8, 4) is 0 Å². The summed E-state index contributed by atoms with van der Waals surface area (Å²) < 4.78 is 10.7. The Labute approximate surface area is 127 Å². The van der Waals surface area contributed by atoms with E-state index < -0.39 is 6.10 Å². The number of halogens is 1. The average Bonchev–Trinajstić information content (AvgIpc) is 3.27. The molecule has 120 valence electrons. The fourth-order valence-corrected chi connectivity index (χ4v) is 1.89. The van der Waals surface area contributed by atoms with Gasteiger partial charge in [0.15, 0.2) is 0 Å². The molecule has 0 aromatic rings. The van der Waals surface area contributed by atoms with Crippen molar-refractivity contribution in [2.45, 2.75) is 37.9 Å². The second-order valence-corrected chi connectivity index (χ2v) is 5.51. The summed E-state index contributed by atoms with van der Waals surface area (Å²) in [6, 6.07) is 0. The zero-order valence-electron chi connectivity index (χ0n) is 12.3. The number of ether oxygens (including phenoxy) is 2. The summed E-state index contributed by atoms with van der Waals surface area (Å²) in [5.74, 6) is 0.290. The number of hydrogen-bond donors (Lipinski definition) is 3. The van der Waals surface area contributed by atoms with Crippen LogP contribution < -0.4 is 10.6 Å². The summed E-state index contributed by atoms with van der Waals surface area (Å²) in [6.07, 6.45) is 4.43. The Morgan fingerprint density at radius 2 is 1.80 bits per heavy atom. The maximum absolute atomic E-state index is 9.22. The van der Waals surface area contributed by atoms with E-state index in [1.807, 2.05) is 0 Å². The van der Waals surface area contributed by atoms with Crippen LogP contribution in [0, 0.1) is 0 Å². The van der Waals surface area contributed by atoms with Gasteiger partial charge in [0.05, 0.1) is 18.8 Å². The molecule has 1 aliphatic rings. The zero-order chi connectivity index (χ0) is 14.5. The summed E-state index contributed by atoms with van der Waals surface area (Å²) in [5.41, 5.74) is 0. The van der Waals surface area contributed by atoms with Gasteiger partial charge in [0.25, 0.3) is 0 Å². The lowest BCUT2D eigenvalue weighted by Crippen LogP contribution is -2.28. The van der Waals surface area contributed by atoms with Crippen LogP contribution in [0.25, 0.3) is 0 Å². The van der Waals surface area contributed by atoms with E-state index in [0.717, 1.165) is 65.1 Å². The molecule has 1 rings (SSSR count). The Bertz CT molecular complexity index is 219. The standard InChI is InChI=1S/C14H29ClN2O3/c15-9-13(18)10-16-5-1-3-7-19-8-4-2-6-17-11-14-12-20-14/h13-14,16-18H,1-12H2. The van der Waals surface area contributed by atoms with Crippen molar-refractivity contribution in [1.29, 1.82) is 0 Å². The van der Waals surface area contributed by atoms with Crippen molar-refractivity contribution < 1.29 is 14.6 Å². The van der Waals surface area contributed by atoms with Crippen LogP contribution in [-0.2, 0) is 9.47 Å². The van der Waals surface area contributed by atoms with Crippen LogP contribution in [0.5, 0.6) is 0 Å². The van der Waals surface area contributed by atoms with E-state index in [1.165, 1.54) is 0 Å². The highest BCUT2D eigenvalue weighted by molar-refractivity contribution is 6.18. The van der Waals surface area contributed by atoms with E-state index in [4.69, 9.17) is 21.1 Å². The van der Waals surface area contributed by atoms with Gasteiger partial charge in [0.1, 0.15) is 0 Å². The average molecular weight is 309 g/mol. The maximum atomic E-state index is 9.22. The molecule has 2 atom stereocenters. The van der Waals surface area contributed by atoms with Gasteiger partial charge in [-0.25, -0.2) is 0 Å². The third-order valence-electron chi connectivity index (χ3n) is 3.12. The van der Waals surface area contributed by atoms with Crippen LogP contribution in [0.1, 0.15) is 25.7 Å². The quantitative estimate of drug-likeness (QED) is 0.237. The molecule has 1 fully saturated rings. The van der Waals surface area contributed by atoms with Crippen LogP contribution in [0.15, 0.2) is 0 Å². The second-order valence-electron chi connectivity index (χ2n) is 5.20. The number of nitrogens with one attached hydrogen (secondary N) is 2. The fourth-order valence-electron chi connectivity index (χ4n) is 1.78. The highest BCUT2D eigenvalue weighted by Gasteiger charge is 2.20. The van der Waals surface area contributed by atoms with Crippen molar-refractivity contribution >= 4 is 11.6 Å². The third-order valence-corrected chi connectivity index (χ3v) is 3.47. The van der Waals surface area contributed by atoms with Gasteiger partial charge in [-0.1, -0.05) is 0 Å².